The molecule has 0 saturated carbocycles. The molecule has 4 nitrogen and oxygen atoms in total. The van der Waals surface area contributed by atoms with Gasteiger partial charge >= 0.3 is 0 Å². The summed E-state index contributed by atoms with van der Waals surface area (Å²) in [5.74, 6) is 1.30. The van der Waals surface area contributed by atoms with E-state index in [-0.39, 0.29) is 0 Å². The first-order valence-electron chi connectivity index (χ1n) is 7.11. The predicted molar refractivity (Wildman–Crippen MR) is 84.1 cm³/mol. The number of rotatable bonds is 4. The summed E-state index contributed by atoms with van der Waals surface area (Å²) >= 11 is 2.07. The van der Waals surface area contributed by atoms with Gasteiger partial charge in [-0.3, -0.25) is 0 Å². The molecule has 1 fully saturated rings. The highest BCUT2D eigenvalue weighted by molar-refractivity contribution is 8.00. The maximum absolute atomic E-state index is 4.15. The van der Waals surface area contributed by atoms with Crippen LogP contribution in [0, 0.1) is 0 Å². The molecule has 2 heterocycles. The fraction of sp³-hybridized carbons (Fsp3) is 0.467. The number of benzene rings is 1. The van der Waals surface area contributed by atoms with E-state index in [2.05, 4.69) is 58.4 Å². The zero-order chi connectivity index (χ0) is 13.8. The minimum Gasteiger partial charge on any atom is -0.381 e. The number of aromatic nitrogens is 3. The second-order valence-corrected chi connectivity index (χ2v) is 6.75. The SMILES string of the molecule is CC1SCCCC1Nc1cccc(Cn2cncn2)c1. The summed E-state index contributed by atoms with van der Waals surface area (Å²) in [6.07, 6.45) is 5.90. The molecule has 106 valence electrons. The van der Waals surface area contributed by atoms with Gasteiger partial charge in [-0.1, -0.05) is 19.1 Å². The summed E-state index contributed by atoms with van der Waals surface area (Å²) < 4.78 is 1.85. The van der Waals surface area contributed by atoms with Gasteiger partial charge in [0.05, 0.1) is 6.54 Å². The van der Waals surface area contributed by atoms with Crippen molar-refractivity contribution in [2.45, 2.75) is 37.6 Å². The minimum absolute atomic E-state index is 0.579. The van der Waals surface area contributed by atoms with Crippen LogP contribution in [0.25, 0.3) is 0 Å². The van der Waals surface area contributed by atoms with Crippen LogP contribution in [0.4, 0.5) is 5.69 Å². The van der Waals surface area contributed by atoms with E-state index in [4.69, 9.17) is 0 Å². The van der Waals surface area contributed by atoms with Crippen molar-refractivity contribution in [2.24, 2.45) is 0 Å². The second kappa shape index (κ2) is 6.31. The van der Waals surface area contributed by atoms with Gasteiger partial charge in [0.2, 0.25) is 0 Å². The third-order valence-electron chi connectivity index (χ3n) is 3.70. The van der Waals surface area contributed by atoms with E-state index in [9.17, 15) is 0 Å². The van der Waals surface area contributed by atoms with E-state index in [0.29, 0.717) is 11.3 Å². The van der Waals surface area contributed by atoms with E-state index in [1.165, 1.54) is 29.8 Å². The van der Waals surface area contributed by atoms with Gasteiger partial charge in [-0.15, -0.1) is 0 Å². The van der Waals surface area contributed by atoms with Crippen molar-refractivity contribution in [3.05, 3.63) is 42.5 Å². The first kappa shape index (κ1) is 13.5. The molecule has 0 radical (unpaired) electrons. The standard InChI is InChI=1S/C15H20N4S/c1-12-15(6-3-7-20-12)18-14-5-2-4-13(8-14)9-19-11-16-10-17-19/h2,4-5,8,10-12,15,18H,3,6-7,9H2,1H3. The van der Waals surface area contributed by atoms with Crippen molar-refractivity contribution in [3.63, 3.8) is 0 Å². The van der Waals surface area contributed by atoms with Gasteiger partial charge in [0, 0.05) is 17.0 Å². The Bertz CT molecular complexity index is 541. The Balaban J connectivity index is 1.67. The summed E-state index contributed by atoms with van der Waals surface area (Å²) in [6, 6.07) is 9.18. The highest BCUT2D eigenvalue weighted by Crippen LogP contribution is 2.27. The number of nitrogens with zero attached hydrogens (tertiary/aromatic N) is 3. The summed E-state index contributed by atoms with van der Waals surface area (Å²) in [6.45, 7) is 3.09. The van der Waals surface area contributed by atoms with Gasteiger partial charge in [0.1, 0.15) is 12.7 Å². The lowest BCUT2D eigenvalue weighted by atomic mass is 10.1. The number of hydrogen-bond acceptors (Lipinski definition) is 4. The molecular weight excluding hydrogens is 268 g/mol. The third kappa shape index (κ3) is 3.33. The van der Waals surface area contributed by atoms with Gasteiger partial charge < -0.3 is 5.32 Å². The highest BCUT2D eigenvalue weighted by atomic mass is 32.2. The maximum Gasteiger partial charge on any atom is 0.137 e. The molecule has 0 amide bonds. The maximum atomic E-state index is 4.15. The Morgan fingerprint density at radius 3 is 3.20 bits per heavy atom. The van der Waals surface area contributed by atoms with Crippen LogP contribution < -0.4 is 5.32 Å². The normalized spacial score (nSPS) is 22.6. The van der Waals surface area contributed by atoms with Crippen molar-refractivity contribution in [3.8, 4) is 0 Å². The Hall–Kier alpha value is -1.49. The summed E-state index contributed by atoms with van der Waals surface area (Å²) in [7, 11) is 0. The largest absolute Gasteiger partial charge is 0.381 e. The molecule has 0 bridgehead atoms. The third-order valence-corrected chi connectivity index (χ3v) is 5.08. The quantitative estimate of drug-likeness (QED) is 0.939. The average Bonchev–Trinajstić information content (AvgIpc) is 2.95. The molecular formula is C15H20N4S. The number of anilines is 1. The molecule has 2 atom stereocenters. The monoisotopic (exact) mass is 288 g/mol. The zero-order valence-electron chi connectivity index (χ0n) is 11.7. The Morgan fingerprint density at radius 2 is 2.40 bits per heavy atom. The van der Waals surface area contributed by atoms with Crippen molar-refractivity contribution < 1.29 is 0 Å². The molecule has 1 aliphatic heterocycles. The summed E-state index contributed by atoms with van der Waals surface area (Å²) in [5.41, 5.74) is 2.46. The van der Waals surface area contributed by atoms with Gasteiger partial charge in [-0.2, -0.15) is 16.9 Å². The average molecular weight is 288 g/mol. The first-order chi connectivity index (χ1) is 9.81. The molecule has 2 aromatic rings. The summed E-state index contributed by atoms with van der Waals surface area (Å²) in [5, 5.41) is 8.52. The molecule has 1 N–H and O–H groups in total. The van der Waals surface area contributed by atoms with Gasteiger partial charge in [0.25, 0.3) is 0 Å². The smallest absolute Gasteiger partial charge is 0.137 e. The van der Waals surface area contributed by atoms with Crippen LogP contribution in [0.1, 0.15) is 25.3 Å². The fourth-order valence-corrected chi connectivity index (χ4v) is 3.73. The van der Waals surface area contributed by atoms with Crippen molar-refractivity contribution in [2.75, 3.05) is 11.1 Å². The molecule has 0 aliphatic carbocycles. The lowest BCUT2D eigenvalue weighted by Crippen LogP contribution is -2.32. The molecule has 3 rings (SSSR count). The fourth-order valence-electron chi connectivity index (χ4n) is 2.59. The molecule has 20 heavy (non-hydrogen) atoms. The summed E-state index contributed by atoms with van der Waals surface area (Å²) in [4.78, 5) is 3.98. The van der Waals surface area contributed by atoms with E-state index in [1.54, 1.807) is 12.7 Å². The van der Waals surface area contributed by atoms with Crippen molar-refractivity contribution >= 4 is 17.4 Å². The Labute approximate surface area is 124 Å². The number of nitrogens with one attached hydrogen (secondary N) is 1. The lowest BCUT2D eigenvalue weighted by molar-refractivity contribution is 0.617. The van der Waals surface area contributed by atoms with E-state index in [0.717, 1.165) is 6.54 Å². The Kier molecular flexibility index (Phi) is 4.25. The molecule has 5 heteroatoms. The molecule has 2 unspecified atom stereocenters. The van der Waals surface area contributed by atoms with Crippen molar-refractivity contribution in [1.29, 1.82) is 0 Å². The van der Waals surface area contributed by atoms with Crippen molar-refractivity contribution in [1.82, 2.24) is 14.8 Å². The Morgan fingerprint density at radius 1 is 1.45 bits per heavy atom. The van der Waals surface area contributed by atoms with Crippen LogP contribution in [-0.2, 0) is 6.54 Å². The van der Waals surface area contributed by atoms with E-state index in [1.807, 2.05) is 4.68 Å². The number of hydrogen-bond donors (Lipinski definition) is 1. The van der Waals surface area contributed by atoms with Gasteiger partial charge in [0.15, 0.2) is 0 Å². The lowest BCUT2D eigenvalue weighted by Gasteiger charge is -2.30. The topological polar surface area (TPSA) is 42.7 Å². The number of thioether (sulfide) groups is 1. The minimum atomic E-state index is 0.579. The first-order valence-corrected chi connectivity index (χ1v) is 8.15. The van der Waals surface area contributed by atoms with Crippen LogP contribution in [0.5, 0.6) is 0 Å². The molecule has 1 aromatic carbocycles. The van der Waals surface area contributed by atoms with E-state index < -0.39 is 0 Å². The zero-order valence-corrected chi connectivity index (χ0v) is 12.5. The van der Waals surface area contributed by atoms with E-state index >= 15 is 0 Å². The molecule has 0 spiro atoms. The molecule has 1 saturated heterocycles. The predicted octanol–water partition coefficient (Wildman–Crippen LogP) is 3.02. The molecule has 1 aromatic heterocycles. The second-order valence-electron chi connectivity index (χ2n) is 5.26. The van der Waals surface area contributed by atoms with Gasteiger partial charge in [-0.25, -0.2) is 9.67 Å². The highest BCUT2D eigenvalue weighted by Gasteiger charge is 2.21. The van der Waals surface area contributed by atoms with Crippen LogP contribution in [0.2, 0.25) is 0 Å². The van der Waals surface area contributed by atoms with Crippen LogP contribution >= 0.6 is 11.8 Å². The van der Waals surface area contributed by atoms with Crippen LogP contribution in [0.3, 0.4) is 0 Å². The van der Waals surface area contributed by atoms with Crippen LogP contribution in [-0.4, -0.2) is 31.8 Å². The van der Waals surface area contributed by atoms with Crippen LogP contribution in [0.15, 0.2) is 36.9 Å². The van der Waals surface area contributed by atoms with Gasteiger partial charge in [-0.05, 0) is 36.3 Å². The molecule has 1 aliphatic rings.